The molecule has 0 amide bonds. The Kier molecular flexibility index (Phi) is 11.8. The van der Waals surface area contributed by atoms with E-state index in [0.717, 1.165) is 38.2 Å². The van der Waals surface area contributed by atoms with Crippen LogP contribution in [0.1, 0.15) is 98.8 Å². The Bertz CT molecular complexity index is 571. The Labute approximate surface area is 193 Å². The number of hydrogen-bond acceptors (Lipinski definition) is 1. The maximum Gasteiger partial charge on any atom is 0.103 e. The molecule has 3 saturated carbocycles. The fourth-order valence-corrected chi connectivity index (χ4v) is 6.88. The summed E-state index contributed by atoms with van der Waals surface area (Å²) in [4.78, 5) is 0. The first kappa shape index (κ1) is 28.1. The van der Waals surface area contributed by atoms with Gasteiger partial charge in [-0.3, -0.25) is 0 Å². The van der Waals surface area contributed by atoms with Gasteiger partial charge in [0.2, 0.25) is 0 Å². The quantitative estimate of drug-likeness (QED) is 0.431. The van der Waals surface area contributed by atoms with E-state index >= 15 is 0 Å². The number of aliphatic hydroxyl groups excluding tert-OH is 1. The zero-order valence-electron chi connectivity index (χ0n) is 21.4. The summed E-state index contributed by atoms with van der Waals surface area (Å²) in [6.45, 7) is 18.4. The summed E-state index contributed by atoms with van der Waals surface area (Å²) < 4.78 is 14.4. The van der Waals surface area contributed by atoms with Gasteiger partial charge in [-0.05, 0) is 92.3 Å². The number of aliphatic hydroxyl groups is 1. The van der Waals surface area contributed by atoms with Crippen LogP contribution in [0, 0.1) is 34.5 Å². The fraction of sp³-hybridized carbons (Fsp3) is 0.793. The Balaban J connectivity index is 0.000000465. The second-order valence-corrected chi connectivity index (χ2v) is 10.7. The summed E-state index contributed by atoms with van der Waals surface area (Å²) in [5, 5.41) is 7.00. The topological polar surface area (TPSA) is 20.2 Å². The van der Waals surface area contributed by atoms with Gasteiger partial charge in [0.25, 0.3) is 0 Å². The van der Waals surface area contributed by atoms with Gasteiger partial charge in [-0.25, -0.2) is 4.39 Å². The van der Waals surface area contributed by atoms with Crippen LogP contribution in [0.15, 0.2) is 37.0 Å². The Hall–Kier alpha value is -0.890. The molecule has 1 nitrogen and oxygen atoms in total. The average molecular weight is 435 g/mol. The summed E-state index contributed by atoms with van der Waals surface area (Å²) >= 11 is 0. The maximum absolute atomic E-state index is 14.4. The number of allylic oxidation sites excluding steroid dienone is 4. The van der Waals surface area contributed by atoms with Gasteiger partial charge in [0.15, 0.2) is 0 Å². The molecule has 0 radical (unpaired) electrons. The van der Waals surface area contributed by atoms with Crippen molar-refractivity contribution in [2.75, 3.05) is 7.11 Å². The predicted octanol–water partition coefficient (Wildman–Crippen LogP) is 8.70. The van der Waals surface area contributed by atoms with Crippen molar-refractivity contribution in [3.63, 3.8) is 0 Å². The minimum atomic E-state index is -0.497. The van der Waals surface area contributed by atoms with Crippen molar-refractivity contribution >= 4 is 0 Å². The molecule has 0 aromatic carbocycles. The van der Waals surface area contributed by atoms with Gasteiger partial charge in [0.1, 0.15) is 6.17 Å². The largest absolute Gasteiger partial charge is 0.400 e. The van der Waals surface area contributed by atoms with E-state index in [1.807, 2.05) is 26.0 Å². The number of alkyl halides is 1. The van der Waals surface area contributed by atoms with Gasteiger partial charge in [-0.2, -0.15) is 0 Å². The van der Waals surface area contributed by atoms with Crippen LogP contribution in [0.2, 0.25) is 0 Å². The van der Waals surface area contributed by atoms with E-state index in [-0.39, 0.29) is 0 Å². The second kappa shape index (κ2) is 13.0. The van der Waals surface area contributed by atoms with Crippen molar-refractivity contribution in [1.29, 1.82) is 0 Å². The van der Waals surface area contributed by atoms with Crippen LogP contribution in [-0.4, -0.2) is 18.4 Å². The SMILES string of the molecule is C=CCC=C.CC.CC1(C)CCC2(C)C(=CCC3C4CCCC(F)C4CCC32)C1.CO. The highest BCUT2D eigenvalue weighted by molar-refractivity contribution is 5.25. The van der Waals surface area contributed by atoms with Crippen LogP contribution in [0.3, 0.4) is 0 Å². The summed E-state index contributed by atoms with van der Waals surface area (Å²) in [5.41, 5.74) is 2.69. The molecular weight excluding hydrogens is 383 g/mol. The third-order valence-corrected chi connectivity index (χ3v) is 8.42. The van der Waals surface area contributed by atoms with Gasteiger partial charge in [0, 0.05) is 7.11 Å². The molecule has 6 unspecified atom stereocenters. The van der Waals surface area contributed by atoms with Gasteiger partial charge >= 0.3 is 0 Å². The Morgan fingerprint density at radius 1 is 0.968 bits per heavy atom. The lowest BCUT2D eigenvalue weighted by Crippen LogP contribution is -2.50. The second-order valence-electron chi connectivity index (χ2n) is 10.7. The van der Waals surface area contributed by atoms with Gasteiger partial charge in [-0.1, -0.05) is 64.8 Å². The number of fused-ring (bicyclic) bond motifs is 5. The molecule has 0 aromatic heterocycles. The maximum atomic E-state index is 14.4. The van der Waals surface area contributed by atoms with Crippen LogP contribution in [0.25, 0.3) is 0 Å². The van der Waals surface area contributed by atoms with Gasteiger partial charge in [0.05, 0.1) is 0 Å². The fourth-order valence-electron chi connectivity index (χ4n) is 6.88. The van der Waals surface area contributed by atoms with Crippen molar-refractivity contribution in [2.45, 2.75) is 105 Å². The molecule has 0 heterocycles. The molecule has 0 aromatic rings. The smallest absolute Gasteiger partial charge is 0.103 e. The van der Waals surface area contributed by atoms with Crippen molar-refractivity contribution in [1.82, 2.24) is 0 Å². The molecular formula is C29H51FO. The molecule has 6 atom stereocenters. The van der Waals surface area contributed by atoms with Crippen molar-refractivity contribution < 1.29 is 9.50 Å². The predicted molar refractivity (Wildman–Crippen MR) is 135 cm³/mol. The van der Waals surface area contributed by atoms with E-state index in [2.05, 4.69) is 40.0 Å². The van der Waals surface area contributed by atoms with Crippen molar-refractivity contribution in [2.24, 2.45) is 34.5 Å². The number of halogens is 1. The number of hydrogen-bond donors (Lipinski definition) is 1. The average Bonchev–Trinajstić information content (AvgIpc) is 2.78. The molecule has 180 valence electrons. The van der Waals surface area contributed by atoms with E-state index < -0.39 is 6.17 Å². The Morgan fingerprint density at radius 2 is 1.61 bits per heavy atom. The highest BCUT2D eigenvalue weighted by Gasteiger charge is 2.54. The standard InChI is InChI=1S/C21H33F.C5H8.C2H6.CH4O/c1-20(2)11-12-21(3)14(13-20)7-8-16-15-5-4-6-19(22)17(15)9-10-18(16)21;1-3-5-4-2;2*1-2/h7,15-19H,4-6,8-13H2,1-3H3;3-4H,1-2,5H2;1-2H3;2H,1H3. The van der Waals surface area contributed by atoms with E-state index in [0.29, 0.717) is 22.7 Å². The first-order valence-corrected chi connectivity index (χ1v) is 12.8. The summed E-state index contributed by atoms with van der Waals surface area (Å²) in [6.07, 6.45) is 17.7. The van der Waals surface area contributed by atoms with E-state index in [9.17, 15) is 4.39 Å². The molecule has 4 rings (SSSR count). The summed E-state index contributed by atoms with van der Waals surface area (Å²) in [6, 6.07) is 0. The summed E-state index contributed by atoms with van der Waals surface area (Å²) in [7, 11) is 1.00. The van der Waals surface area contributed by atoms with Crippen LogP contribution in [0.4, 0.5) is 4.39 Å². The lowest BCUT2D eigenvalue weighted by Gasteiger charge is -2.58. The molecule has 0 aliphatic heterocycles. The minimum Gasteiger partial charge on any atom is -0.400 e. The summed E-state index contributed by atoms with van der Waals surface area (Å²) in [5.74, 6) is 2.71. The molecule has 2 heteroatoms. The van der Waals surface area contributed by atoms with Crippen LogP contribution in [0.5, 0.6) is 0 Å². The van der Waals surface area contributed by atoms with E-state index in [1.165, 1.54) is 44.9 Å². The van der Waals surface area contributed by atoms with E-state index in [4.69, 9.17) is 5.11 Å². The van der Waals surface area contributed by atoms with Gasteiger partial charge < -0.3 is 5.11 Å². The van der Waals surface area contributed by atoms with Gasteiger partial charge in [-0.15, -0.1) is 13.2 Å². The molecule has 1 N–H and O–H groups in total. The monoisotopic (exact) mass is 434 g/mol. The zero-order valence-corrected chi connectivity index (χ0v) is 21.4. The molecule has 0 saturated heterocycles. The molecule has 4 aliphatic carbocycles. The normalized spacial score (nSPS) is 37.2. The van der Waals surface area contributed by atoms with Crippen molar-refractivity contribution in [3.05, 3.63) is 37.0 Å². The third kappa shape index (κ3) is 6.56. The van der Waals surface area contributed by atoms with Crippen LogP contribution < -0.4 is 0 Å². The molecule has 0 spiro atoms. The lowest BCUT2D eigenvalue weighted by molar-refractivity contribution is -0.0501. The lowest BCUT2D eigenvalue weighted by atomic mass is 9.47. The van der Waals surface area contributed by atoms with Crippen LogP contribution in [-0.2, 0) is 0 Å². The molecule has 3 fully saturated rings. The molecule has 4 aliphatic rings. The highest BCUT2D eigenvalue weighted by atomic mass is 19.1. The van der Waals surface area contributed by atoms with Crippen LogP contribution >= 0.6 is 0 Å². The highest BCUT2D eigenvalue weighted by Crippen LogP contribution is 2.62. The zero-order chi connectivity index (χ0) is 23.7. The molecule has 0 bridgehead atoms. The first-order chi connectivity index (χ1) is 14.8. The first-order valence-electron chi connectivity index (χ1n) is 12.8. The molecule has 31 heavy (non-hydrogen) atoms. The van der Waals surface area contributed by atoms with Crippen molar-refractivity contribution in [3.8, 4) is 0 Å². The minimum absolute atomic E-state index is 0.397. The Morgan fingerprint density at radius 3 is 2.19 bits per heavy atom. The van der Waals surface area contributed by atoms with E-state index in [1.54, 1.807) is 5.57 Å². The number of rotatable bonds is 2. The third-order valence-electron chi connectivity index (χ3n) is 8.42.